The molecule has 126 valence electrons. The fraction of sp³-hybridized carbons (Fsp3) is 0.611. The number of piperazine rings is 1. The van der Waals surface area contributed by atoms with Crippen LogP contribution in [-0.2, 0) is 4.79 Å². The Morgan fingerprint density at radius 1 is 1.30 bits per heavy atom. The van der Waals surface area contributed by atoms with Crippen LogP contribution in [0.1, 0.15) is 19.8 Å². The monoisotopic (exact) mass is 334 g/mol. The summed E-state index contributed by atoms with van der Waals surface area (Å²) < 4.78 is 5.46. The van der Waals surface area contributed by atoms with Crippen molar-refractivity contribution < 1.29 is 9.53 Å². The van der Waals surface area contributed by atoms with Crippen LogP contribution < -0.4 is 9.64 Å². The highest BCUT2D eigenvalue weighted by Gasteiger charge is 2.29. The molecule has 1 heterocycles. The van der Waals surface area contributed by atoms with Gasteiger partial charge in [-0.15, -0.1) is 0 Å². The Morgan fingerprint density at radius 3 is 2.78 bits per heavy atom. The molecule has 0 aromatic heterocycles. The lowest BCUT2D eigenvalue weighted by Gasteiger charge is -2.41. The van der Waals surface area contributed by atoms with Gasteiger partial charge in [0.15, 0.2) is 0 Å². The summed E-state index contributed by atoms with van der Waals surface area (Å²) in [5, 5.41) is 0. The summed E-state index contributed by atoms with van der Waals surface area (Å²) >= 11 is 1.81. The number of carbonyl (C=O) groups excluding carboxylic acids is 1. The van der Waals surface area contributed by atoms with Gasteiger partial charge in [0.2, 0.25) is 5.91 Å². The van der Waals surface area contributed by atoms with E-state index in [1.165, 1.54) is 12.8 Å². The number of rotatable bonds is 6. The summed E-state index contributed by atoms with van der Waals surface area (Å²) in [4.78, 5) is 16.8. The third-order valence-corrected chi connectivity index (χ3v) is 5.81. The second-order valence-electron chi connectivity index (χ2n) is 6.51. The van der Waals surface area contributed by atoms with Crippen LogP contribution in [0.15, 0.2) is 24.3 Å². The second-order valence-corrected chi connectivity index (χ2v) is 7.54. The van der Waals surface area contributed by atoms with E-state index >= 15 is 0 Å². The van der Waals surface area contributed by atoms with E-state index in [2.05, 4.69) is 17.9 Å². The molecule has 0 N–H and O–H groups in total. The Balaban J connectivity index is 1.54. The number of carbonyl (C=O) groups is 1. The number of para-hydroxylation sites is 2. The molecule has 2 aliphatic rings. The van der Waals surface area contributed by atoms with Crippen LogP contribution in [0, 0.1) is 5.92 Å². The Hall–Kier alpha value is -1.36. The molecule has 0 spiro atoms. The molecule has 2 fully saturated rings. The first-order chi connectivity index (χ1) is 11.2. The summed E-state index contributed by atoms with van der Waals surface area (Å²) in [5.74, 6) is 3.87. The zero-order valence-corrected chi connectivity index (χ0v) is 14.8. The Labute approximate surface area is 143 Å². The minimum absolute atomic E-state index is 0.239. The number of anilines is 1. The quantitative estimate of drug-likeness (QED) is 0.801. The number of thioether (sulfide) groups is 1. The van der Waals surface area contributed by atoms with Crippen molar-refractivity contribution in [3.8, 4) is 5.75 Å². The van der Waals surface area contributed by atoms with E-state index in [1.54, 1.807) is 18.9 Å². The van der Waals surface area contributed by atoms with Crippen molar-refractivity contribution in [2.75, 3.05) is 43.1 Å². The van der Waals surface area contributed by atoms with Gasteiger partial charge in [0.05, 0.1) is 18.6 Å². The lowest BCUT2D eigenvalue weighted by atomic mass is 10.1. The van der Waals surface area contributed by atoms with Crippen molar-refractivity contribution in [3.63, 3.8) is 0 Å². The molecule has 23 heavy (non-hydrogen) atoms. The van der Waals surface area contributed by atoms with Gasteiger partial charge in [-0.2, -0.15) is 11.8 Å². The first kappa shape index (κ1) is 16.5. The predicted molar refractivity (Wildman–Crippen MR) is 96.4 cm³/mol. The number of ether oxygens (including phenoxy) is 1. The molecule has 0 radical (unpaired) electrons. The molecule has 1 saturated heterocycles. The molecule has 1 aliphatic carbocycles. The average Bonchev–Trinajstić information content (AvgIpc) is 3.38. The number of nitrogens with zero attached hydrogens (tertiary/aromatic N) is 2. The minimum atomic E-state index is 0.239. The maximum absolute atomic E-state index is 12.4. The van der Waals surface area contributed by atoms with Crippen LogP contribution in [-0.4, -0.2) is 55.1 Å². The van der Waals surface area contributed by atoms with Gasteiger partial charge in [-0.05, 0) is 43.6 Å². The van der Waals surface area contributed by atoms with Crippen molar-refractivity contribution >= 4 is 23.4 Å². The number of methoxy groups -OCH3 is 1. The lowest BCUT2D eigenvalue weighted by Crippen LogP contribution is -2.54. The first-order valence-corrected chi connectivity index (χ1v) is 9.59. The molecule has 0 unspecified atom stereocenters. The molecule has 0 bridgehead atoms. The average molecular weight is 334 g/mol. The lowest BCUT2D eigenvalue weighted by molar-refractivity contribution is -0.130. The van der Waals surface area contributed by atoms with E-state index in [9.17, 15) is 4.79 Å². The Morgan fingerprint density at radius 2 is 2.09 bits per heavy atom. The Kier molecular flexibility index (Phi) is 5.36. The minimum Gasteiger partial charge on any atom is -0.495 e. The van der Waals surface area contributed by atoms with Gasteiger partial charge in [-0.25, -0.2) is 0 Å². The van der Waals surface area contributed by atoms with Crippen molar-refractivity contribution in [1.82, 2.24) is 4.90 Å². The highest BCUT2D eigenvalue weighted by Crippen LogP contribution is 2.33. The summed E-state index contributed by atoms with van der Waals surface area (Å²) in [6.45, 7) is 4.66. The van der Waals surface area contributed by atoms with Crippen LogP contribution >= 0.6 is 11.8 Å². The van der Waals surface area contributed by atoms with Crippen LogP contribution in [0.5, 0.6) is 5.75 Å². The maximum atomic E-state index is 12.4. The number of hydrogen-bond acceptors (Lipinski definition) is 4. The van der Waals surface area contributed by atoms with Crippen molar-refractivity contribution in [3.05, 3.63) is 24.3 Å². The third-order valence-electron chi connectivity index (χ3n) is 4.65. The molecule has 1 atom stereocenters. The van der Waals surface area contributed by atoms with Crippen LogP contribution in [0.3, 0.4) is 0 Å². The van der Waals surface area contributed by atoms with Gasteiger partial charge in [0.25, 0.3) is 0 Å². The SMILES string of the molecule is COc1ccccc1N1CCN(C(=O)CSCC2CC2)[C@@H](C)C1. The van der Waals surface area contributed by atoms with Crippen molar-refractivity contribution in [2.24, 2.45) is 5.92 Å². The molecule has 3 rings (SSSR count). The molecule has 1 aliphatic heterocycles. The standard InChI is InChI=1S/C18H26N2O2S/c1-14-11-19(16-5-3-4-6-17(16)22-2)9-10-20(14)18(21)13-23-12-15-7-8-15/h3-6,14-15H,7-13H2,1-2H3/t14-/m0/s1. The molecule has 5 heteroatoms. The van der Waals surface area contributed by atoms with E-state index < -0.39 is 0 Å². The van der Waals surface area contributed by atoms with E-state index in [1.807, 2.05) is 23.1 Å². The molecular formula is C18H26N2O2S. The van der Waals surface area contributed by atoms with E-state index in [-0.39, 0.29) is 6.04 Å². The first-order valence-electron chi connectivity index (χ1n) is 8.44. The number of hydrogen-bond donors (Lipinski definition) is 0. The highest BCUT2D eigenvalue weighted by atomic mass is 32.2. The second kappa shape index (κ2) is 7.47. The van der Waals surface area contributed by atoms with Crippen molar-refractivity contribution in [2.45, 2.75) is 25.8 Å². The molecular weight excluding hydrogens is 308 g/mol. The van der Waals surface area contributed by atoms with Gasteiger partial charge in [-0.1, -0.05) is 12.1 Å². The van der Waals surface area contributed by atoms with Gasteiger partial charge in [0, 0.05) is 25.7 Å². The van der Waals surface area contributed by atoms with Crippen molar-refractivity contribution in [1.29, 1.82) is 0 Å². The molecule has 1 amide bonds. The predicted octanol–water partition coefficient (Wildman–Crippen LogP) is 2.88. The third kappa shape index (κ3) is 4.14. The van der Waals surface area contributed by atoms with Gasteiger partial charge < -0.3 is 14.5 Å². The van der Waals surface area contributed by atoms with Gasteiger partial charge in [0.1, 0.15) is 5.75 Å². The number of benzene rings is 1. The Bertz CT molecular complexity index is 548. The fourth-order valence-corrected chi connectivity index (χ4v) is 4.24. The van der Waals surface area contributed by atoms with E-state index in [4.69, 9.17) is 4.74 Å². The van der Waals surface area contributed by atoms with Crippen LogP contribution in [0.25, 0.3) is 0 Å². The summed E-state index contributed by atoms with van der Waals surface area (Å²) in [5.41, 5.74) is 1.12. The fourth-order valence-electron chi connectivity index (χ4n) is 3.12. The van der Waals surface area contributed by atoms with Crippen LogP contribution in [0.2, 0.25) is 0 Å². The molecule has 4 nitrogen and oxygen atoms in total. The van der Waals surface area contributed by atoms with Gasteiger partial charge >= 0.3 is 0 Å². The van der Waals surface area contributed by atoms with E-state index in [0.29, 0.717) is 11.7 Å². The summed E-state index contributed by atoms with van der Waals surface area (Å²) in [6, 6.07) is 8.35. The maximum Gasteiger partial charge on any atom is 0.232 e. The largest absolute Gasteiger partial charge is 0.495 e. The summed E-state index contributed by atoms with van der Waals surface area (Å²) in [6.07, 6.45) is 2.71. The number of amides is 1. The normalized spacial score (nSPS) is 21.4. The van der Waals surface area contributed by atoms with Gasteiger partial charge in [-0.3, -0.25) is 4.79 Å². The molecule has 1 aromatic rings. The zero-order valence-electron chi connectivity index (χ0n) is 14.0. The molecule has 1 aromatic carbocycles. The topological polar surface area (TPSA) is 32.8 Å². The summed E-state index contributed by atoms with van der Waals surface area (Å²) in [7, 11) is 1.71. The van der Waals surface area contributed by atoms with E-state index in [0.717, 1.165) is 42.7 Å². The smallest absolute Gasteiger partial charge is 0.232 e. The molecule has 1 saturated carbocycles. The zero-order chi connectivity index (χ0) is 16.2. The van der Waals surface area contributed by atoms with Crippen LogP contribution in [0.4, 0.5) is 5.69 Å². The highest BCUT2D eigenvalue weighted by molar-refractivity contribution is 7.99.